The van der Waals surface area contributed by atoms with Crippen molar-refractivity contribution in [1.82, 2.24) is 19.6 Å². The van der Waals surface area contributed by atoms with Gasteiger partial charge in [0.2, 0.25) is 0 Å². The average Bonchev–Trinajstić information content (AvgIpc) is 3.24. The number of rotatable bonds is 2. The number of nitrogens with one attached hydrogen (secondary N) is 1. The van der Waals surface area contributed by atoms with E-state index in [4.69, 9.17) is 5.73 Å². The third-order valence-electron chi connectivity index (χ3n) is 6.60. The van der Waals surface area contributed by atoms with E-state index >= 15 is 0 Å². The van der Waals surface area contributed by atoms with E-state index in [1.165, 1.54) is 12.1 Å². The maximum Gasteiger partial charge on any atom is 0.157 e. The van der Waals surface area contributed by atoms with Gasteiger partial charge in [-0.25, -0.2) is 14.1 Å². The van der Waals surface area contributed by atoms with E-state index in [1.807, 2.05) is 27.0 Å². The van der Waals surface area contributed by atoms with E-state index < -0.39 is 5.60 Å². The summed E-state index contributed by atoms with van der Waals surface area (Å²) in [6, 6.07) is 6.35. The van der Waals surface area contributed by atoms with Gasteiger partial charge in [0.1, 0.15) is 11.6 Å². The molecule has 8 nitrogen and oxygen atoms in total. The van der Waals surface area contributed by atoms with Crippen LogP contribution in [-0.2, 0) is 19.1 Å². The summed E-state index contributed by atoms with van der Waals surface area (Å²) >= 11 is 0. The molecule has 3 aromatic rings. The van der Waals surface area contributed by atoms with Crippen LogP contribution in [0.25, 0.3) is 11.3 Å². The largest absolute Gasteiger partial charge is 0.385 e. The van der Waals surface area contributed by atoms with Crippen LogP contribution in [0.15, 0.2) is 53.4 Å². The van der Waals surface area contributed by atoms with Crippen molar-refractivity contribution >= 4 is 11.7 Å². The Kier molecular flexibility index (Phi) is 5.36. The molecule has 3 heterocycles. The van der Waals surface area contributed by atoms with Crippen molar-refractivity contribution in [2.45, 2.75) is 45.1 Å². The summed E-state index contributed by atoms with van der Waals surface area (Å²) in [7, 11) is 1.85. The first kappa shape index (κ1) is 22.1. The van der Waals surface area contributed by atoms with Crippen molar-refractivity contribution in [3.05, 3.63) is 76.8 Å². The summed E-state index contributed by atoms with van der Waals surface area (Å²) in [5, 5.41) is 23.4. The van der Waals surface area contributed by atoms with Crippen LogP contribution in [0.1, 0.15) is 41.8 Å². The van der Waals surface area contributed by atoms with Crippen LogP contribution in [0.3, 0.4) is 0 Å². The van der Waals surface area contributed by atoms with Gasteiger partial charge in [-0.2, -0.15) is 10.2 Å². The smallest absolute Gasteiger partial charge is 0.157 e. The molecule has 0 bridgehead atoms. The monoisotopic (exact) mass is 461 g/mol. The van der Waals surface area contributed by atoms with E-state index in [0.29, 0.717) is 23.9 Å². The predicted molar refractivity (Wildman–Crippen MR) is 130 cm³/mol. The molecule has 4 N–H and O–H groups in total. The summed E-state index contributed by atoms with van der Waals surface area (Å²) in [4.78, 5) is 4.62. The van der Waals surface area contributed by atoms with Crippen molar-refractivity contribution in [2.24, 2.45) is 17.8 Å². The first-order valence-corrected chi connectivity index (χ1v) is 11.3. The second-order valence-corrected chi connectivity index (χ2v) is 8.95. The molecule has 5 rings (SSSR count). The van der Waals surface area contributed by atoms with Gasteiger partial charge in [-0.05, 0) is 63.8 Å². The molecule has 9 heteroatoms. The zero-order valence-corrected chi connectivity index (χ0v) is 19.5. The van der Waals surface area contributed by atoms with Gasteiger partial charge in [-0.1, -0.05) is 6.08 Å². The van der Waals surface area contributed by atoms with E-state index in [-0.39, 0.29) is 5.82 Å². The third kappa shape index (κ3) is 3.71. The van der Waals surface area contributed by atoms with Crippen LogP contribution < -0.4 is 11.1 Å². The molecule has 0 unspecified atom stereocenters. The van der Waals surface area contributed by atoms with E-state index in [2.05, 4.69) is 20.5 Å². The Morgan fingerprint density at radius 2 is 1.88 bits per heavy atom. The molecule has 2 aliphatic rings. The number of nitrogens with two attached hydrogens (primary N) is 1. The Hall–Kier alpha value is -3.72. The number of nitrogens with zero attached hydrogens (tertiary/aromatic N) is 5. The highest BCUT2D eigenvalue weighted by Crippen LogP contribution is 2.43. The van der Waals surface area contributed by atoms with Crippen LogP contribution in [0.2, 0.25) is 0 Å². The molecule has 0 amide bonds. The van der Waals surface area contributed by atoms with E-state index in [1.54, 1.807) is 33.8 Å². The maximum atomic E-state index is 13.5. The fourth-order valence-corrected chi connectivity index (χ4v) is 4.90. The minimum Gasteiger partial charge on any atom is -0.385 e. The quantitative estimate of drug-likeness (QED) is 0.540. The number of hydrogen-bond acceptors (Lipinski definition) is 6. The number of fused-ring (bicyclic) bond motifs is 1. The zero-order valence-electron chi connectivity index (χ0n) is 19.5. The molecular weight excluding hydrogens is 433 g/mol. The fraction of sp³-hybridized carbons (Fsp3) is 0.320. The SMILES string of the molecule is Cc1nn(C2=N/C=C/Cc3c(nn(C)c3-c3ccc(F)cc3)N\C(N)=C\2)c(C)c1C1(O)CCC1. The minimum atomic E-state index is -0.814. The van der Waals surface area contributed by atoms with Gasteiger partial charge in [0.25, 0.3) is 0 Å². The van der Waals surface area contributed by atoms with E-state index in [0.717, 1.165) is 53.0 Å². The lowest BCUT2D eigenvalue weighted by Crippen LogP contribution is -2.35. The molecule has 0 atom stereocenters. The highest BCUT2D eigenvalue weighted by Gasteiger charge is 2.40. The molecule has 34 heavy (non-hydrogen) atoms. The van der Waals surface area contributed by atoms with Crippen LogP contribution >= 0.6 is 0 Å². The Bertz CT molecular complexity index is 1340. The minimum absolute atomic E-state index is 0.286. The molecule has 176 valence electrons. The Morgan fingerprint density at radius 3 is 2.56 bits per heavy atom. The number of benzene rings is 1. The summed E-state index contributed by atoms with van der Waals surface area (Å²) in [6.07, 6.45) is 8.42. The number of allylic oxidation sites excluding steroid dienone is 2. The molecular formula is C25H28FN7O. The van der Waals surface area contributed by atoms with Crippen LogP contribution in [0.4, 0.5) is 10.2 Å². The predicted octanol–water partition coefficient (Wildman–Crippen LogP) is 3.64. The zero-order chi connectivity index (χ0) is 24.0. The van der Waals surface area contributed by atoms with Gasteiger partial charge < -0.3 is 16.2 Å². The summed E-state index contributed by atoms with van der Waals surface area (Å²) in [5.74, 6) is 1.23. The van der Waals surface area contributed by atoms with Crippen LogP contribution in [0, 0.1) is 19.7 Å². The maximum absolute atomic E-state index is 13.5. The lowest BCUT2D eigenvalue weighted by atomic mass is 9.74. The number of aromatic nitrogens is 4. The fourth-order valence-electron chi connectivity index (χ4n) is 4.90. The van der Waals surface area contributed by atoms with Crippen molar-refractivity contribution < 1.29 is 9.50 Å². The molecule has 0 saturated heterocycles. The van der Waals surface area contributed by atoms with Gasteiger partial charge in [-0.3, -0.25) is 4.68 Å². The molecule has 1 saturated carbocycles. The Labute approximate surface area is 197 Å². The highest BCUT2D eigenvalue weighted by atomic mass is 19.1. The topological polar surface area (TPSA) is 106 Å². The van der Waals surface area contributed by atoms with Gasteiger partial charge >= 0.3 is 0 Å². The lowest BCUT2D eigenvalue weighted by Gasteiger charge is -2.37. The molecule has 1 aromatic carbocycles. The van der Waals surface area contributed by atoms with Crippen molar-refractivity contribution in [3.8, 4) is 11.3 Å². The first-order chi connectivity index (χ1) is 16.3. The van der Waals surface area contributed by atoms with Gasteiger partial charge in [0.15, 0.2) is 11.7 Å². The Balaban J connectivity index is 1.53. The standard InChI is InChI=1S/C25H28FN7O/c1-15-22(25(34)11-5-12-25)16(2)33(30-15)21-14-20(27)29-24-19(6-4-13-28-21)23(32(3)31-24)17-7-9-18(26)10-8-17/h4,7-10,13-14,34H,5-6,11-12,27H2,1-3H3,(H,29,31)/b13-4+,20-14+,28-21+. The summed E-state index contributed by atoms with van der Waals surface area (Å²) in [5.41, 5.74) is 10.7. The number of aryl methyl sites for hydroxylation is 2. The second-order valence-electron chi connectivity index (χ2n) is 8.95. The summed E-state index contributed by atoms with van der Waals surface area (Å²) < 4.78 is 16.9. The molecule has 1 aliphatic heterocycles. The molecule has 0 spiro atoms. The molecule has 1 fully saturated rings. The number of aliphatic hydroxyl groups is 1. The van der Waals surface area contributed by atoms with Crippen LogP contribution in [0.5, 0.6) is 0 Å². The van der Waals surface area contributed by atoms with Gasteiger partial charge in [0.05, 0.1) is 17.0 Å². The summed E-state index contributed by atoms with van der Waals surface area (Å²) in [6.45, 7) is 3.86. The van der Waals surface area contributed by atoms with Crippen LogP contribution in [-0.4, -0.2) is 30.5 Å². The Morgan fingerprint density at radius 1 is 1.15 bits per heavy atom. The average molecular weight is 462 g/mol. The van der Waals surface area contributed by atoms with Gasteiger partial charge in [-0.15, -0.1) is 0 Å². The van der Waals surface area contributed by atoms with Gasteiger partial charge in [0, 0.05) is 41.7 Å². The van der Waals surface area contributed by atoms with Crippen molar-refractivity contribution in [3.63, 3.8) is 0 Å². The second kappa shape index (κ2) is 8.25. The third-order valence-corrected chi connectivity index (χ3v) is 6.60. The number of anilines is 1. The first-order valence-electron chi connectivity index (χ1n) is 11.3. The number of halogens is 1. The van der Waals surface area contributed by atoms with Crippen molar-refractivity contribution in [2.75, 3.05) is 5.32 Å². The normalized spacial score (nSPS) is 21.3. The van der Waals surface area contributed by atoms with Crippen molar-refractivity contribution in [1.29, 1.82) is 0 Å². The number of hydrogen-bond donors (Lipinski definition) is 3. The lowest BCUT2D eigenvalue weighted by molar-refractivity contribution is -0.0398. The molecule has 1 aliphatic carbocycles. The highest BCUT2D eigenvalue weighted by molar-refractivity contribution is 5.96. The molecule has 2 aromatic heterocycles. The molecule has 0 radical (unpaired) electrons. The number of aliphatic imine (C=N–C) groups is 1. The van der Waals surface area contributed by atoms with E-state index in [9.17, 15) is 9.50 Å².